The quantitative estimate of drug-likeness (QED) is 0.610. The summed E-state index contributed by atoms with van der Waals surface area (Å²) in [5, 5.41) is 0. The van der Waals surface area contributed by atoms with Crippen LogP contribution >= 0.6 is 0 Å². The highest BCUT2D eigenvalue weighted by Crippen LogP contribution is 2.19. The number of allylic oxidation sites excluding steroid dienone is 5. The van der Waals surface area contributed by atoms with Crippen LogP contribution in [0.25, 0.3) is 0 Å². The fourth-order valence-electron chi connectivity index (χ4n) is 1.15. The molecule has 1 heterocycles. The summed E-state index contributed by atoms with van der Waals surface area (Å²) in [5.74, 6) is 3.95. The molecule has 1 rings (SSSR count). The van der Waals surface area contributed by atoms with Crippen LogP contribution in [0.3, 0.4) is 0 Å². The van der Waals surface area contributed by atoms with Crippen molar-refractivity contribution in [1.82, 2.24) is 0 Å². The molecular formula is C12H17N. The van der Waals surface area contributed by atoms with Crippen molar-refractivity contribution in [3.8, 4) is 0 Å². The van der Waals surface area contributed by atoms with Crippen LogP contribution < -0.4 is 0 Å². The van der Waals surface area contributed by atoms with Gasteiger partial charge in [0, 0.05) is 0 Å². The van der Waals surface area contributed by atoms with E-state index in [1.165, 1.54) is 5.57 Å². The van der Waals surface area contributed by atoms with E-state index in [0.717, 1.165) is 5.70 Å². The molecule has 0 bridgehead atoms. The van der Waals surface area contributed by atoms with Crippen molar-refractivity contribution >= 4 is 5.87 Å². The van der Waals surface area contributed by atoms with Crippen molar-refractivity contribution in [2.45, 2.75) is 27.7 Å². The maximum absolute atomic E-state index is 4.26. The van der Waals surface area contributed by atoms with E-state index >= 15 is 0 Å². The van der Waals surface area contributed by atoms with Gasteiger partial charge in [0.1, 0.15) is 0 Å². The summed E-state index contributed by atoms with van der Waals surface area (Å²) < 4.78 is 0. The normalized spacial score (nSPS) is 16.2. The van der Waals surface area contributed by atoms with Crippen LogP contribution in [0.5, 0.6) is 0 Å². The molecule has 0 spiro atoms. The summed E-state index contributed by atoms with van der Waals surface area (Å²) in [4.78, 5) is 4.26. The maximum Gasteiger partial charge on any atom is 0.0531 e. The Bertz CT molecular complexity index is 297. The van der Waals surface area contributed by atoms with E-state index in [9.17, 15) is 0 Å². The number of aliphatic imine (C=N–C) groups is 1. The van der Waals surface area contributed by atoms with Crippen LogP contribution in [-0.4, -0.2) is 5.87 Å². The average molecular weight is 175 g/mol. The number of rotatable bonds is 2. The Balaban J connectivity index is 2.99. The monoisotopic (exact) mass is 175 g/mol. The van der Waals surface area contributed by atoms with E-state index in [4.69, 9.17) is 0 Å². The third-order valence-corrected chi connectivity index (χ3v) is 2.12. The number of hydrogen-bond donors (Lipinski definition) is 0. The van der Waals surface area contributed by atoms with Gasteiger partial charge in [-0.15, -0.1) is 0 Å². The predicted octanol–water partition coefficient (Wildman–Crippen LogP) is 3.35. The third kappa shape index (κ3) is 2.71. The van der Waals surface area contributed by atoms with Crippen molar-refractivity contribution in [3.05, 3.63) is 29.5 Å². The lowest BCUT2D eigenvalue weighted by molar-refractivity contribution is 0.743. The van der Waals surface area contributed by atoms with E-state index in [1.54, 1.807) is 0 Å². The van der Waals surface area contributed by atoms with Gasteiger partial charge >= 0.3 is 0 Å². The molecule has 0 aliphatic carbocycles. The zero-order valence-corrected chi connectivity index (χ0v) is 8.83. The molecule has 1 nitrogen and oxygen atoms in total. The molecular weight excluding hydrogens is 158 g/mol. The Morgan fingerprint density at radius 1 is 1.15 bits per heavy atom. The predicted molar refractivity (Wildman–Crippen MR) is 57.8 cm³/mol. The Kier molecular flexibility index (Phi) is 3.27. The molecule has 0 aromatic rings. The van der Waals surface area contributed by atoms with Gasteiger partial charge in [0.2, 0.25) is 0 Å². The lowest BCUT2D eigenvalue weighted by Crippen LogP contribution is -1.95. The van der Waals surface area contributed by atoms with Gasteiger partial charge in [-0.2, -0.15) is 0 Å². The Morgan fingerprint density at radius 3 is 2.38 bits per heavy atom. The fourth-order valence-corrected chi connectivity index (χ4v) is 1.15. The molecule has 0 fully saturated rings. The second-order valence-electron chi connectivity index (χ2n) is 3.95. The highest BCUT2D eigenvalue weighted by Gasteiger charge is 2.06. The van der Waals surface area contributed by atoms with Crippen molar-refractivity contribution in [2.75, 3.05) is 0 Å². The molecule has 0 N–H and O–H groups in total. The largest absolute Gasteiger partial charge is 0.210 e. The van der Waals surface area contributed by atoms with Crippen LogP contribution in [0.4, 0.5) is 0 Å². The van der Waals surface area contributed by atoms with Crippen molar-refractivity contribution in [1.29, 1.82) is 0 Å². The van der Waals surface area contributed by atoms with Gasteiger partial charge in [-0.05, 0) is 41.5 Å². The van der Waals surface area contributed by atoms with E-state index in [0.29, 0.717) is 11.8 Å². The van der Waals surface area contributed by atoms with Crippen LogP contribution in [0.2, 0.25) is 0 Å². The summed E-state index contributed by atoms with van der Waals surface area (Å²) in [5.41, 5.74) is 2.45. The van der Waals surface area contributed by atoms with Gasteiger partial charge < -0.3 is 0 Å². The van der Waals surface area contributed by atoms with E-state index in [-0.39, 0.29) is 0 Å². The smallest absolute Gasteiger partial charge is 0.0531 e. The van der Waals surface area contributed by atoms with E-state index in [1.807, 2.05) is 6.08 Å². The first-order valence-electron chi connectivity index (χ1n) is 4.82. The van der Waals surface area contributed by atoms with Crippen molar-refractivity contribution < 1.29 is 0 Å². The Morgan fingerprint density at radius 2 is 1.85 bits per heavy atom. The summed E-state index contributed by atoms with van der Waals surface area (Å²) in [6.45, 7) is 8.69. The number of hydrogen-bond acceptors (Lipinski definition) is 1. The average Bonchev–Trinajstić information content (AvgIpc) is 2.28. The molecule has 0 atom stereocenters. The minimum absolute atomic E-state index is 0.473. The second-order valence-corrected chi connectivity index (χ2v) is 3.95. The standard InChI is InChI=1S/C12H17N/c1-9(2)11-6-5-7-13-12(8-11)10(3)4/h5-6,8-10H,1-4H3. The van der Waals surface area contributed by atoms with Crippen molar-refractivity contribution in [2.24, 2.45) is 16.8 Å². The zero-order chi connectivity index (χ0) is 9.84. The summed E-state index contributed by atoms with van der Waals surface area (Å²) >= 11 is 0. The first-order valence-corrected chi connectivity index (χ1v) is 4.82. The van der Waals surface area contributed by atoms with Crippen molar-refractivity contribution in [3.63, 3.8) is 0 Å². The minimum Gasteiger partial charge on any atom is -0.210 e. The highest BCUT2D eigenvalue weighted by atomic mass is 14.7. The Hall–Kier alpha value is -1.07. The van der Waals surface area contributed by atoms with Crippen LogP contribution in [0, 0.1) is 11.8 Å². The van der Waals surface area contributed by atoms with Gasteiger partial charge in [0.15, 0.2) is 0 Å². The molecule has 0 aromatic carbocycles. The molecule has 0 amide bonds. The summed E-state index contributed by atoms with van der Waals surface area (Å²) in [6, 6.07) is 0. The highest BCUT2D eigenvalue weighted by molar-refractivity contribution is 5.59. The topological polar surface area (TPSA) is 12.4 Å². The molecule has 70 valence electrons. The van der Waals surface area contributed by atoms with Crippen LogP contribution in [0.1, 0.15) is 27.7 Å². The third-order valence-electron chi connectivity index (χ3n) is 2.12. The molecule has 1 aliphatic heterocycles. The lowest BCUT2D eigenvalue weighted by atomic mass is 9.99. The minimum atomic E-state index is 0.473. The molecule has 1 heteroatoms. The van der Waals surface area contributed by atoms with Gasteiger partial charge in [-0.25, -0.2) is 4.99 Å². The Labute approximate surface area is 80.6 Å². The van der Waals surface area contributed by atoms with Gasteiger partial charge in [0.05, 0.1) is 5.70 Å². The van der Waals surface area contributed by atoms with Gasteiger partial charge in [-0.1, -0.05) is 27.7 Å². The SMILES string of the molecule is CC(C)C1=CC=C=NC(C(C)C)=C1. The van der Waals surface area contributed by atoms with E-state index < -0.39 is 0 Å². The molecule has 0 saturated carbocycles. The van der Waals surface area contributed by atoms with Gasteiger partial charge in [-0.3, -0.25) is 0 Å². The fraction of sp³-hybridized carbons (Fsp3) is 0.500. The molecule has 0 saturated heterocycles. The first kappa shape index (κ1) is 10.0. The summed E-state index contributed by atoms with van der Waals surface area (Å²) in [6.07, 6.45) is 6.15. The van der Waals surface area contributed by atoms with E-state index in [2.05, 4.69) is 50.7 Å². The summed E-state index contributed by atoms with van der Waals surface area (Å²) in [7, 11) is 0. The van der Waals surface area contributed by atoms with Crippen LogP contribution in [-0.2, 0) is 0 Å². The van der Waals surface area contributed by atoms with Crippen LogP contribution in [0.15, 0.2) is 34.5 Å². The molecule has 13 heavy (non-hydrogen) atoms. The zero-order valence-electron chi connectivity index (χ0n) is 8.83. The molecule has 0 radical (unpaired) electrons. The molecule has 1 aliphatic rings. The maximum atomic E-state index is 4.26. The molecule has 0 aromatic heterocycles. The second kappa shape index (κ2) is 4.25. The molecule has 0 unspecified atom stereocenters. The number of nitrogens with zero attached hydrogens (tertiary/aromatic N) is 1. The first-order chi connectivity index (χ1) is 6.11. The lowest BCUT2D eigenvalue weighted by Gasteiger charge is -2.08. The van der Waals surface area contributed by atoms with Gasteiger partial charge in [0.25, 0.3) is 0 Å².